The van der Waals surface area contributed by atoms with Gasteiger partial charge in [0.05, 0.1) is 24.6 Å². The van der Waals surface area contributed by atoms with Gasteiger partial charge >= 0.3 is 0 Å². The largest absolute Gasteiger partial charge is 0.497 e. The summed E-state index contributed by atoms with van der Waals surface area (Å²) >= 11 is 0. The predicted octanol–water partition coefficient (Wildman–Crippen LogP) is 6.53. The smallest absolute Gasteiger partial charge is 0.228 e. The van der Waals surface area contributed by atoms with Crippen molar-refractivity contribution in [2.45, 2.75) is 19.8 Å². The summed E-state index contributed by atoms with van der Waals surface area (Å²) in [6.45, 7) is 2.66. The summed E-state index contributed by atoms with van der Waals surface area (Å²) in [5.41, 5.74) is 6.45. The molecular weight excluding hydrogens is 486 g/mol. The fourth-order valence-electron chi connectivity index (χ4n) is 4.40. The van der Waals surface area contributed by atoms with Crippen molar-refractivity contribution in [3.05, 3.63) is 114 Å². The molecule has 39 heavy (non-hydrogen) atoms. The molecule has 0 atom stereocenters. The van der Waals surface area contributed by atoms with Gasteiger partial charge in [-0.05, 0) is 66.4 Å². The lowest BCUT2D eigenvalue weighted by Crippen LogP contribution is -2.14. The number of carbonyl (C=O) groups excluding carboxylic acids is 1. The number of ether oxygens (including phenoxy) is 1. The first-order valence-electron chi connectivity index (χ1n) is 12.9. The highest BCUT2D eigenvalue weighted by Gasteiger charge is 2.11. The first-order valence-corrected chi connectivity index (χ1v) is 12.9. The Balaban J connectivity index is 1.28. The Labute approximate surface area is 228 Å². The Kier molecular flexibility index (Phi) is 7.98. The number of nitrogens with zero attached hydrogens (tertiary/aromatic N) is 2. The van der Waals surface area contributed by atoms with Crippen LogP contribution in [-0.2, 0) is 17.6 Å². The second-order valence-corrected chi connectivity index (χ2v) is 9.36. The zero-order chi connectivity index (χ0) is 27.0. The van der Waals surface area contributed by atoms with Crippen molar-refractivity contribution < 1.29 is 9.53 Å². The van der Waals surface area contributed by atoms with Crippen LogP contribution >= 0.6 is 0 Å². The van der Waals surface area contributed by atoms with Gasteiger partial charge in [0, 0.05) is 24.0 Å². The number of rotatable bonds is 10. The van der Waals surface area contributed by atoms with Crippen LogP contribution in [0, 0.1) is 6.92 Å². The van der Waals surface area contributed by atoms with Gasteiger partial charge in [-0.3, -0.25) is 4.79 Å². The van der Waals surface area contributed by atoms with Crippen LogP contribution < -0.4 is 20.7 Å². The number of carbonyl (C=O) groups is 1. The van der Waals surface area contributed by atoms with E-state index in [9.17, 15) is 4.79 Å². The maximum atomic E-state index is 12.5. The van der Waals surface area contributed by atoms with Crippen LogP contribution in [-0.4, -0.2) is 29.5 Å². The lowest BCUT2D eigenvalue weighted by molar-refractivity contribution is -0.115. The molecule has 0 bridgehead atoms. The molecule has 1 aromatic heterocycles. The van der Waals surface area contributed by atoms with Crippen molar-refractivity contribution in [2.75, 3.05) is 29.6 Å². The molecule has 0 aliphatic heterocycles. The van der Waals surface area contributed by atoms with E-state index in [2.05, 4.69) is 22.0 Å². The number of amides is 1. The van der Waals surface area contributed by atoms with E-state index in [1.165, 1.54) is 0 Å². The van der Waals surface area contributed by atoms with Gasteiger partial charge in [-0.25, -0.2) is 9.97 Å². The number of aromatic nitrogens is 2. The number of aryl methyl sites for hydroxylation is 1. The van der Waals surface area contributed by atoms with E-state index >= 15 is 0 Å². The van der Waals surface area contributed by atoms with E-state index in [1.807, 2.05) is 97.9 Å². The topological polar surface area (TPSA) is 88.2 Å². The molecule has 3 N–H and O–H groups in total. The van der Waals surface area contributed by atoms with Gasteiger partial charge in [-0.1, -0.05) is 54.6 Å². The van der Waals surface area contributed by atoms with Crippen molar-refractivity contribution >= 4 is 40.0 Å². The summed E-state index contributed by atoms with van der Waals surface area (Å²) in [4.78, 5) is 22.2. The minimum atomic E-state index is -0.0357. The Hall–Kier alpha value is -4.91. The van der Waals surface area contributed by atoms with Crippen LogP contribution in [0.15, 0.2) is 97.1 Å². The van der Waals surface area contributed by atoms with E-state index in [1.54, 1.807) is 7.11 Å². The zero-order valence-corrected chi connectivity index (χ0v) is 22.1. The number of hydrogen-bond acceptors (Lipinski definition) is 6. The van der Waals surface area contributed by atoms with Gasteiger partial charge in [0.15, 0.2) is 11.6 Å². The van der Waals surface area contributed by atoms with Crippen molar-refractivity contribution in [3.8, 4) is 5.75 Å². The zero-order valence-electron chi connectivity index (χ0n) is 22.1. The van der Waals surface area contributed by atoms with Crippen molar-refractivity contribution in [1.82, 2.24) is 9.97 Å². The Bertz CT molecular complexity index is 1590. The average Bonchev–Trinajstić information content (AvgIpc) is 2.93. The number of methoxy groups -OCH3 is 1. The average molecular weight is 518 g/mol. The summed E-state index contributed by atoms with van der Waals surface area (Å²) in [6.07, 6.45) is 1.09. The van der Waals surface area contributed by atoms with Crippen LogP contribution in [0.5, 0.6) is 5.75 Å². The standard InChI is InChI=1S/C32H31N5O2/c1-22-17-26(21-27(18-22)39-2)35-32-31(36-28-13-6-7-14-29(28)37-32)33-16-15-24-11-8-12-25(19-24)34-30(38)20-23-9-4-3-5-10-23/h3-14,17-19,21H,15-16,20H2,1-2H3,(H,33,36)(H,34,38)(H,35,37). The molecular formula is C32H31N5O2. The number of nitrogens with one attached hydrogen (secondary N) is 3. The second-order valence-electron chi connectivity index (χ2n) is 9.36. The molecule has 0 saturated heterocycles. The first kappa shape index (κ1) is 25.7. The lowest BCUT2D eigenvalue weighted by Gasteiger charge is -2.15. The summed E-state index contributed by atoms with van der Waals surface area (Å²) in [5.74, 6) is 2.05. The number of fused-ring (bicyclic) bond motifs is 1. The Morgan fingerprint density at radius 1 is 0.769 bits per heavy atom. The molecule has 196 valence electrons. The third kappa shape index (κ3) is 6.90. The quantitative estimate of drug-likeness (QED) is 0.195. The molecule has 0 saturated carbocycles. The lowest BCUT2D eigenvalue weighted by atomic mass is 10.1. The summed E-state index contributed by atoms with van der Waals surface area (Å²) < 4.78 is 5.43. The van der Waals surface area contributed by atoms with Crippen molar-refractivity contribution in [1.29, 1.82) is 0 Å². The van der Waals surface area contributed by atoms with Crippen LogP contribution in [0.4, 0.5) is 23.0 Å². The van der Waals surface area contributed by atoms with Gasteiger partial charge in [-0.2, -0.15) is 0 Å². The summed E-state index contributed by atoms with van der Waals surface area (Å²) in [7, 11) is 1.66. The molecule has 0 spiro atoms. The van der Waals surface area contributed by atoms with Gasteiger partial charge in [0.25, 0.3) is 0 Å². The molecule has 1 amide bonds. The van der Waals surface area contributed by atoms with E-state index in [0.29, 0.717) is 24.6 Å². The van der Waals surface area contributed by atoms with Crippen molar-refractivity contribution in [3.63, 3.8) is 0 Å². The normalized spacial score (nSPS) is 10.7. The van der Waals surface area contributed by atoms with Crippen LogP contribution in [0.2, 0.25) is 0 Å². The number of benzene rings is 4. The molecule has 5 aromatic rings. The second kappa shape index (κ2) is 12.1. The molecule has 7 nitrogen and oxygen atoms in total. The highest BCUT2D eigenvalue weighted by Crippen LogP contribution is 2.28. The van der Waals surface area contributed by atoms with E-state index in [4.69, 9.17) is 14.7 Å². The maximum Gasteiger partial charge on any atom is 0.228 e. The molecule has 1 heterocycles. The molecule has 0 unspecified atom stereocenters. The molecule has 0 fully saturated rings. The van der Waals surface area contributed by atoms with Crippen molar-refractivity contribution in [2.24, 2.45) is 0 Å². The third-order valence-corrected chi connectivity index (χ3v) is 6.24. The maximum absolute atomic E-state index is 12.5. The molecule has 0 radical (unpaired) electrons. The minimum Gasteiger partial charge on any atom is -0.497 e. The Morgan fingerprint density at radius 2 is 1.49 bits per heavy atom. The summed E-state index contributed by atoms with van der Waals surface area (Å²) in [6, 6.07) is 31.4. The summed E-state index contributed by atoms with van der Waals surface area (Å²) in [5, 5.41) is 9.88. The fraction of sp³-hybridized carbons (Fsp3) is 0.156. The van der Waals surface area contributed by atoms with Crippen LogP contribution in [0.3, 0.4) is 0 Å². The molecule has 4 aromatic carbocycles. The fourth-order valence-corrected chi connectivity index (χ4v) is 4.40. The van der Waals surface area contributed by atoms with Gasteiger partial charge in [-0.15, -0.1) is 0 Å². The minimum absolute atomic E-state index is 0.0357. The van der Waals surface area contributed by atoms with E-state index in [0.717, 1.165) is 51.3 Å². The number of hydrogen-bond donors (Lipinski definition) is 3. The monoisotopic (exact) mass is 517 g/mol. The first-order chi connectivity index (χ1) is 19.1. The number of anilines is 4. The van der Waals surface area contributed by atoms with Gasteiger partial charge in [0.1, 0.15) is 5.75 Å². The third-order valence-electron chi connectivity index (χ3n) is 6.24. The highest BCUT2D eigenvalue weighted by atomic mass is 16.5. The molecule has 0 aliphatic carbocycles. The van der Waals surface area contributed by atoms with Crippen LogP contribution in [0.25, 0.3) is 11.0 Å². The molecule has 0 aliphatic rings. The predicted molar refractivity (Wildman–Crippen MR) is 158 cm³/mol. The molecule has 7 heteroatoms. The SMILES string of the molecule is COc1cc(C)cc(Nc2nc3ccccc3nc2NCCc2cccc(NC(=O)Cc3ccccc3)c2)c1. The van der Waals surface area contributed by atoms with Crippen LogP contribution in [0.1, 0.15) is 16.7 Å². The number of para-hydroxylation sites is 2. The Morgan fingerprint density at radius 3 is 2.26 bits per heavy atom. The van der Waals surface area contributed by atoms with Gasteiger partial charge in [0.2, 0.25) is 5.91 Å². The van der Waals surface area contributed by atoms with E-state index < -0.39 is 0 Å². The molecule has 5 rings (SSSR count). The highest BCUT2D eigenvalue weighted by molar-refractivity contribution is 5.92. The van der Waals surface area contributed by atoms with Gasteiger partial charge < -0.3 is 20.7 Å². The van der Waals surface area contributed by atoms with E-state index in [-0.39, 0.29) is 5.91 Å².